The second kappa shape index (κ2) is 5.17. The molecule has 2 aromatic rings. The summed E-state index contributed by atoms with van der Waals surface area (Å²) in [5.41, 5.74) is 2.11. The zero-order valence-corrected chi connectivity index (χ0v) is 11.8. The molecule has 0 atom stereocenters. The van der Waals surface area contributed by atoms with Crippen LogP contribution < -0.4 is 5.32 Å². The van der Waals surface area contributed by atoms with Gasteiger partial charge in [0.1, 0.15) is 0 Å². The lowest BCUT2D eigenvalue weighted by Gasteiger charge is -2.01. The Morgan fingerprint density at radius 3 is 2.81 bits per heavy atom. The van der Waals surface area contributed by atoms with Crippen molar-refractivity contribution in [1.82, 2.24) is 4.98 Å². The van der Waals surface area contributed by atoms with Crippen molar-refractivity contribution in [2.45, 2.75) is 6.42 Å². The number of rotatable bonds is 3. The number of halogens is 2. The van der Waals surface area contributed by atoms with Crippen LogP contribution in [0.5, 0.6) is 0 Å². The largest absolute Gasteiger partial charge is 0.365 e. The summed E-state index contributed by atoms with van der Waals surface area (Å²) < 4.78 is 1.05. The Bertz CT molecular complexity index is 498. The summed E-state index contributed by atoms with van der Waals surface area (Å²) in [6, 6.07) is 7.84. The zero-order chi connectivity index (χ0) is 11.5. The van der Waals surface area contributed by atoms with Crippen molar-refractivity contribution in [3.63, 3.8) is 0 Å². The molecular weight excluding hydrogens is 308 g/mol. The quantitative estimate of drug-likeness (QED) is 0.918. The first-order valence-corrected chi connectivity index (χ1v) is 6.76. The number of nitrogens with one attached hydrogen (secondary N) is 1. The lowest BCUT2D eigenvalue weighted by molar-refractivity contribution is 1.10. The fourth-order valence-corrected chi connectivity index (χ4v) is 2.93. The first-order chi connectivity index (χ1) is 7.70. The summed E-state index contributed by atoms with van der Waals surface area (Å²) in [7, 11) is 1.87. The van der Waals surface area contributed by atoms with Gasteiger partial charge in [-0.25, -0.2) is 4.98 Å². The van der Waals surface area contributed by atoms with Crippen LogP contribution in [0.4, 0.5) is 5.13 Å². The van der Waals surface area contributed by atoms with Crippen LogP contribution in [0.1, 0.15) is 11.3 Å². The maximum absolute atomic E-state index is 6.11. The lowest BCUT2D eigenvalue weighted by atomic mass is 10.1. The van der Waals surface area contributed by atoms with Crippen molar-refractivity contribution in [3.05, 3.63) is 44.3 Å². The molecule has 0 amide bonds. The molecule has 16 heavy (non-hydrogen) atoms. The van der Waals surface area contributed by atoms with Crippen molar-refractivity contribution in [3.8, 4) is 0 Å². The van der Waals surface area contributed by atoms with Gasteiger partial charge in [0.05, 0.1) is 9.48 Å². The van der Waals surface area contributed by atoms with Crippen LogP contribution in [0.2, 0.25) is 5.02 Å². The van der Waals surface area contributed by atoms with Crippen LogP contribution in [0.25, 0.3) is 0 Å². The fourth-order valence-electron chi connectivity index (χ4n) is 1.37. The molecule has 84 valence electrons. The molecule has 0 spiro atoms. The summed E-state index contributed by atoms with van der Waals surface area (Å²) in [5.74, 6) is 0. The Kier molecular flexibility index (Phi) is 3.84. The number of benzene rings is 1. The fraction of sp³-hybridized carbons (Fsp3) is 0.182. The van der Waals surface area contributed by atoms with E-state index < -0.39 is 0 Å². The number of hydrogen-bond acceptors (Lipinski definition) is 3. The third-order valence-electron chi connectivity index (χ3n) is 2.18. The van der Waals surface area contributed by atoms with Crippen LogP contribution in [-0.4, -0.2) is 12.0 Å². The molecule has 0 aliphatic heterocycles. The molecule has 2 rings (SSSR count). The number of aromatic nitrogens is 1. The van der Waals surface area contributed by atoms with Gasteiger partial charge in [-0.3, -0.25) is 0 Å². The molecule has 0 aliphatic rings. The minimum Gasteiger partial charge on any atom is -0.365 e. The topological polar surface area (TPSA) is 24.9 Å². The van der Waals surface area contributed by atoms with Gasteiger partial charge in [-0.1, -0.05) is 41.1 Å². The minimum absolute atomic E-state index is 0.748. The van der Waals surface area contributed by atoms with Crippen LogP contribution in [0.15, 0.2) is 28.1 Å². The van der Waals surface area contributed by atoms with Crippen molar-refractivity contribution in [2.24, 2.45) is 0 Å². The summed E-state index contributed by atoms with van der Waals surface area (Å²) in [5, 5.41) is 4.73. The third kappa shape index (κ3) is 2.56. The van der Waals surface area contributed by atoms with E-state index in [2.05, 4.69) is 26.2 Å². The van der Waals surface area contributed by atoms with Gasteiger partial charge < -0.3 is 5.32 Å². The van der Waals surface area contributed by atoms with Gasteiger partial charge in [0.15, 0.2) is 5.13 Å². The van der Waals surface area contributed by atoms with E-state index >= 15 is 0 Å². The van der Waals surface area contributed by atoms with E-state index in [9.17, 15) is 0 Å². The van der Waals surface area contributed by atoms with Crippen molar-refractivity contribution >= 4 is 44.0 Å². The Balaban J connectivity index is 2.27. The number of thiazole rings is 1. The molecule has 5 heteroatoms. The number of nitrogens with zero attached hydrogens (tertiary/aromatic N) is 1. The molecule has 0 aliphatic carbocycles. The van der Waals surface area contributed by atoms with Gasteiger partial charge in [0.2, 0.25) is 0 Å². The summed E-state index contributed by atoms with van der Waals surface area (Å²) in [6.07, 6.45) is 0.748. The third-order valence-corrected chi connectivity index (χ3v) is 4.39. The van der Waals surface area contributed by atoms with Gasteiger partial charge in [-0.15, -0.1) is 0 Å². The van der Waals surface area contributed by atoms with Gasteiger partial charge >= 0.3 is 0 Å². The van der Waals surface area contributed by atoms with Gasteiger partial charge in [-0.05, 0) is 27.6 Å². The second-order valence-corrected chi connectivity index (χ2v) is 5.98. The maximum atomic E-state index is 6.11. The normalized spacial score (nSPS) is 10.4. The van der Waals surface area contributed by atoms with Crippen LogP contribution >= 0.6 is 38.9 Å². The average Bonchev–Trinajstić information content (AvgIpc) is 2.63. The van der Waals surface area contributed by atoms with E-state index in [-0.39, 0.29) is 0 Å². The second-order valence-electron chi connectivity index (χ2n) is 3.26. The van der Waals surface area contributed by atoms with Crippen LogP contribution in [0.3, 0.4) is 0 Å². The molecule has 1 heterocycles. The Labute approximate surface area is 112 Å². The highest BCUT2D eigenvalue weighted by Gasteiger charge is 2.10. The monoisotopic (exact) mass is 316 g/mol. The predicted octanol–water partition coefficient (Wildman–Crippen LogP) is 4.19. The first kappa shape index (κ1) is 11.9. The molecule has 0 saturated heterocycles. The van der Waals surface area contributed by atoms with Crippen LogP contribution in [0, 0.1) is 0 Å². The summed E-state index contributed by atoms with van der Waals surface area (Å²) in [6.45, 7) is 0. The van der Waals surface area contributed by atoms with Crippen LogP contribution in [-0.2, 0) is 6.42 Å². The van der Waals surface area contributed by atoms with Gasteiger partial charge in [0.25, 0.3) is 0 Å². The number of hydrogen-bond donors (Lipinski definition) is 1. The zero-order valence-electron chi connectivity index (χ0n) is 8.63. The molecule has 2 nitrogen and oxygen atoms in total. The maximum Gasteiger partial charge on any atom is 0.183 e. The van der Waals surface area contributed by atoms with Gasteiger partial charge in [0, 0.05) is 18.5 Å². The van der Waals surface area contributed by atoms with Gasteiger partial charge in [-0.2, -0.15) is 0 Å². The Hall–Kier alpha value is -0.580. The number of anilines is 1. The summed E-state index contributed by atoms with van der Waals surface area (Å²) >= 11 is 11.2. The predicted molar refractivity (Wildman–Crippen MR) is 73.6 cm³/mol. The van der Waals surface area contributed by atoms with Crippen molar-refractivity contribution in [2.75, 3.05) is 12.4 Å². The molecule has 1 aromatic heterocycles. The van der Waals surface area contributed by atoms with E-state index in [4.69, 9.17) is 11.6 Å². The molecule has 1 N–H and O–H groups in total. The van der Waals surface area contributed by atoms with Crippen molar-refractivity contribution in [1.29, 1.82) is 0 Å². The SMILES string of the molecule is CNc1nc(Cc2ccccc2Cl)c(Br)s1. The molecule has 0 saturated carbocycles. The average molecular weight is 318 g/mol. The van der Waals surface area contributed by atoms with E-state index in [0.29, 0.717) is 0 Å². The molecule has 0 bridgehead atoms. The Morgan fingerprint density at radius 1 is 1.44 bits per heavy atom. The smallest absolute Gasteiger partial charge is 0.183 e. The highest BCUT2D eigenvalue weighted by atomic mass is 79.9. The molecule has 0 radical (unpaired) electrons. The first-order valence-electron chi connectivity index (χ1n) is 4.77. The molecule has 0 unspecified atom stereocenters. The van der Waals surface area contributed by atoms with Crippen molar-refractivity contribution < 1.29 is 0 Å². The van der Waals surface area contributed by atoms with E-state index in [1.807, 2.05) is 31.3 Å². The minimum atomic E-state index is 0.748. The van der Waals surface area contributed by atoms with E-state index in [1.165, 1.54) is 0 Å². The lowest BCUT2D eigenvalue weighted by Crippen LogP contribution is -1.92. The highest BCUT2D eigenvalue weighted by Crippen LogP contribution is 2.30. The molecule has 1 aromatic carbocycles. The highest BCUT2D eigenvalue weighted by molar-refractivity contribution is 9.11. The van der Waals surface area contributed by atoms with E-state index in [0.717, 1.165) is 31.6 Å². The Morgan fingerprint density at radius 2 is 2.19 bits per heavy atom. The van der Waals surface area contributed by atoms with E-state index in [1.54, 1.807) is 11.3 Å². The standard InChI is InChI=1S/C11H10BrClN2S/c1-14-11-15-9(10(12)16-11)6-7-4-2-3-5-8(7)13/h2-5H,6H2,1H3,(H,14,15). The molecular formula is C11H10BrClN2S. The molecule has 0 fully saturated rings. The summed E-state index contributed by atoms with van der Waals surface area (Å²) in [4.78, 5) is 4.47.